The maximum absolute atomic E-state index is 12.3. The summed E-state index contributed by atoms with van der Waals surface area (Å²) >= 11 is 6.04. The Bertz CT molecular complexity index is 792. The summed E-state index contributed by atoms with van der Waals surface area (Å²) in [5.41, 5.74) is 2.06. The van der Waals surface area contributed by atoms with Gasteiger partial charge >= 0.3 is 0 Å². The molecule has 0 saturated carbocycles. The molecule has 28 heavy (non-hydrogen) atoms. The number of anilines is 1. The molecule has 1 aliphatic heterocycles. The van der Waals surface area contributed by atoms with E-state index in [4.69, 9.17) is 16.3 Å². The number of nitrogens with zero attached hydrogens (tertiary/aromatic N) is 2. The van der Waals surface area contributed by atoms with Crippen LogP contribution in [0.3, 0.4) is 0 Å². The van der Waals surface area contributed by atoms with Gasteiger partial charge in [-0.1, -0.05) is 48.0 Å². The number of ether oxygens (including phenoxy) is 1. The van der Waals surface area contributed by atoms with Crippen LogP contribution in [0, 0.1) is 0 Å². The van der Waals surface area contributed by atoms with Crippen molar-refractivity contribution in [3.05, 3.63) is 65.2 Å². The standard InChI is InChI=1S/C21H24ClN3O3/c22-18-7-4-8-19(13-18)24-9-11-25(12-10-24)21(27)14-23-20(26)16-28-15-17-5-2-1-3-6-17/h1-8,13H,9-12,14-16H2,(H,23,26). The number of amides is 2. The normalized spacial score (nSPS) is 14.0. The van der Waals surface area contributed by atoms with Gasteiger partial charge < -0.3 is 19.9 Å². The predicted molar refractivity (Wildman–Crippen MR) is 109 cm³/mol. The fourth-order valence-electron chi connectivity index (χ4n) is 3.06. The molecule has 1 N–H and O–H groups in total. The van der Waals surface area contributed by atoms with E-state index in [1.54, 1.807) is 4.90 Å². The maximum atomic E-state index is 12.3. The molecule has 0 aromatic heterocycles. The molecule has 0 spiro atoms. The lowest BCUT2D eigenvalue weighted by molar-refractivity contribution is -0.134. The van der Waals surface area contributed by atoms with Crippen LogP contribution in [0.15, 0.2) is 54.6 Å². The van der Waals surface area contributed by atoms with Crippen molar-refractivity contribution in [3.63, 3.8) is 0 Å². The van der Waals surface area contributed by atoms with E-state index in [-0.39, 0.29) is 25.0 Å². The van der Waals surface area contributed by atoms with Crippen molar-refractivity contribution in [2.75, 3.05) is 44.2 Å². The monoisotopic (exact) mass is 401 g/mol. The maximum Gasteiger partial charge on any atom is 0.246 e. The Morgan fingerprint density at radius 3 is 2.46 bits per heavy atom. The second kappa shape index (κ2) is 10.1. The van der Waals surface area contributed by atoms with Crippen LogP contribution >= 0.6 is 11.6 Å². The quantitative estimate of drug-likeness (QED) is 0.773. The van der Waals surface area contributed by atoms with Gasteiger partial charge in [-0.15, -0.1) is 0 Å². The van der Waals surface area contributed by atoms with Crippen LogP contribution in [0.25, 0.3) is 0 Å². The topological polar surface area (TPSA) is 61.9 Å². The van der Waals surface area contributed by atoms with Gasteiger partial charge in [-0.3, -0.25) is 9.59 Å². The summed E-state index contributed by atoms with van der Waals surface area (Å²) in [5, 5.41) is 3.33. The average molecular weight is 402 g/mol. The zero-order valence-corrected chi connectivity index (χ0v) is 16.4. The third-order valence-electron chi connectivity index (χ3n) is 4.59. The summed E-state index contributed by atoms with van der Waals surface area (Å²) in [5.74, 6) is -0.371. The van der Waals surface area contributed by atoms with Crippen molar-refractivity contribution in [1.29, 1.82) is 0 Å². The number of hydrogen-bond acceptors (Lipinski definition) is 4. The summed E-state index contributed by atoms with van der Waals surface area (Å²) in [4.78, 5) is 28.2. The van der Waals surface area contributed by atoms with E-state index in [0.29, 0.717) is 24.7 Å². The molecule has 148 valence electrons. The fraction of sp³-hybridized carbons (Fsp3) is 0.333. The lowest BCUT2D eigenvalue weighted by atomic mass is 10.2. The molecule has 0 radical (unpaired) electrons. The van der Waals surface area contributed by atoms with E-state index in [9.17, 15) is 9.59 Å². The minimum Gasteiger partial charge on any atom is -0.368 e. The van der Waals surface area contributed by atoms with Gasteiger partial charge in [0.2, 0.25) is 11.8 Å². The molecule has 2 aromatic carbocycles. The summed E-state index contributed by atoms with van der Waals surface area (Å²) in [6, 6.07) is 17.3. The molecule has 7 heteroatoms. The Kier molecular flexibility index (Phi) is 7.28. The summed E-state index contributed by atoms with van der Waals surface area (Å²) in [6.45, 7) is 3.00. The Balaban J connectivity index is 1.34. The van der Waals surface area contributed by atoms with Crippen LogP contribution in [0.1, 0.15) is 5.56 Å². The average Bonchev–Trinajstić information content (AvgIpc) is 2.73. The number of piperazine rings is 1. The highest BCUT2D eigenvalue weighted by atomic mass is 35.5. The Hall–Kier alpha value is -2.57. The van der Waals surface area contributed by atoms with Crippen molar-refractivity contribution >= 4 is 29.1 Å². The molecule has 0 aliphatic carbocycles. The van der Waals surface area contributed by atoms with Gasteiger partial charge in [0.1, 0.15) is 6.61 Å². The lowest BCUT2D eigenvalue weighted by Crippen LogP contribution is -2.51. The van der Waals surface area contributed by atoms with Gasteiger partial charge in [-0.2, -0.15) is 0 Å². The molecule has 2 amide bonds. The lowest BCUT2D eigenvalue weighted by Gasteiger charge is -2.36. The summed E-state index contributed by atoms with van der Waals surface area (Å²) in [6.07, 6.45) is 0. The van der Waals surface area contributed by atoms with Crippen molar-refractivity contribution in [3.8, 4) is 0 Å². The molecule has 2 aromatic rings. The first kappa shape index (κ1) is 20.2. The Labute approximate surface area is 170 Å². The van der Waals surface area contributed by atoms with Crippen LogP contribution < -0.4 is 10.2 Å². The number of carbonyl (C=O) groups is 2. The third kappa shape index (κ3) is 5.97. The minimum absolute atomic E-state index is 0.00923. The van der Waals surface area contributed by atoms with Crippen LogP contribution in [0.2, 0.25) is 5.02 Å². The molecule has 0 atom stereocenters. The van der Waals surface area contributed by atoms with Gasteiger partial charge in [0.15, 0.2) is 0 Å². The Morgan fingerprint density at radius 2 is 1.75 bits per heavy atom. The van der Waals surface area contributed by atoms with Gasteiger partial charge in [0.25, 0.3) is 0 Å². The van der Waals surface area contributed by atoms with Crippen molar-refractivity contribution in [1.82, 2.24) is 10.2 Å². The smallest absolute Gasteiger partial charge is 0.246 e. The van der Waals surface area contributed by atoms with Gasteiger partial charge in [0.05, 0.1) is 13.2 Å². The molecule has 1 fully saturated rings. The first-order chi connectivity index (χ1) is 13.6. The van der Waals surface area contributed by atoms with E-state index in [2.05, 4.69) is 10.2 Å². The predicted octanol–water partition coefficient (Wildman–Crippen LogP) is 2.32. The highest BCUT2D eigenvalue weighted by molar-refractivity contribution is 6.30. The Morgan fingerprint density at radius 1 is 1.00 bits per heavy atom. The zero-order chi connectivity index (χ0) is 19.8. The van der Waals surface area contributed by atoms with E-state index in [1.165, 1.54) is 0 Å². The first-order valence-electron chi connectivity index (χ1n) is 9.28. The van der Waals surface area contributed by atoms with Crippen LogP contribution in [-0.4, -0.2) is 56.0 Å². The second-order valence-corrected chi connectivity index (χ2v) is 7.04. The number of nitrogens with one attached hydrogen (secondary N) is 1. The van der Waals surface area contributed by atoms with E-state index >= 15 is 0 Å². The fourth-order valence-corrected chi connectivity index (χ4v) is 3.24. The van der Waals surface area contributed by atoms with Gasteiger partial charge in [0, 0.05) is 36.9 Å². The highest BCUT2D eigenvalue weighted by Gasteiger charge is 2.21. The molecule has 0 bridgehead atoms. The molecular weight excluding hydrogens is 378 g/mol. The van der Waals surface area contributed by atoms with Crippen LogP contribution in [0.5, 0.6) is 0 Å². The molecule has 1 heterocycles. The zero-order valence-electron chi connectivity index (χ0n) is 15.6. The number of benzene rings is 2. The van der Waals surface area contributed by atoms with E-state index < -0.39 is 0 Å². The van der Waals surface area contributed by atoms with Crippen molar-refractivity contribution in [2.24, 2.45) is 0 Å². The van der Waals surface area contributed by atoms with Crippen LogP contribution in [-0.2, 0) is 20.9 Å². The molecule has 0 unspecified atom stereocenters. The number of hydrogen-bond donors (Lipinski definition) is 1. The largest absolute Gasteiger partial charge is 0.368 e. The molecule has 3 rings (SSSR count). The van der Waals surface area contributed by atoms with Crippen molar-refractivity contribution < 1.29 is 14.3 Å². The summed E-state index contributed by atoms with van der Waals surface area (Å²) in [7, 11) is 0. The van der Waals surface area contributed by atoms with Crippen molar-refractivity contribution in [2.45, 2.75) is 6.61 Å². The molecule has 1 saturated heterocycles. The highest BCUT2D eigenvalue weighted by Crippen LogP contribution is 2.20. The SMILES string of the molecule is O=C(COCc1ccccc1)NCC(=O)N1CCN(c2cccc(Cl)c2)CC1. The van der Waals surface area contributed by atoms with Gasteiger partial charge in [-0.05, 0) is 23.8 Å². The number of carbonyl (C=O) groups excluding carboxylic acids is 2. The van der Waals surface area contributed by atoms with E-state index in [0.717, 1.165) is 24.3 Å². The van der Waals surface area contributed by atoms with Crippen LogP contribution in [0.4, 0.5) is 5.69 Å². The number of halogens is 1. The van der Waals surface area contributed by atoms with E-state index in [1.807, 2.05) is 54.6 Å². The second-order valence-electron chi connectivity index (χ2n) is 6.60. The molecular formula is C21H24ClN3O3. The molecule has 1 aliphatic rings. The number of rotatable bonds is 7. The molecule has 6 nitrogen and oxygen atoms in total. The van der Waals surface area contributed by atoms with Gasteiger partial charge in [-0.25, -0.2) is 0 Å². The minimum atomic E-state index is -0.290. The summed E-state index contributed by atoms with van der Waals surface area (Å²) < 4.78 is 5.38. The first-order valence-corrected chi connectivity index (χ1v) is 9.66. The third-order valence-corrected chi connectivity index (χ3v) is 4.82.